The van der Waals surface area contributed by atoms with E-state index in [1.807, 2.05) is 0 Å². The molecule has 0 radical (unpaired) electrons. The highest BCUT2D eigenvalue weighted by Crippen LogP contribution is 2.28. The van der Waals surface area contributed by atoms with Gasteiger partial charge in [-0.3, -0.25) is 0 Å². The molecule has 1 fully saturated rings. The first-order chi connectivity index (χ1) is 6.72. The summed E-state index contributed by atoms with van der Waals surface area (Å²) in [6.07, 6.45) is 2.05. The summed E-state index contributed by atoms with van der Waals surface area (Å²) in [5, 5.41) is 2.92. The highest BCUT2D eigenvalue weighted by molar-refractivity contribution is 5.48. The van der Waals surface area contributed by atoms with E-state index >= 15 is 0 Å². The van der Waals surface area contributed by atoms with Gasteiger partial charge >= 0.3 is 0 Å². The molecule has 2 nitrogen and oxygen atoms in total. The van der Waals surface area contributed by atoms with E-state index in [9.17, 15) is 8.78 Å². The molecule has 1 aromatic rings. The summed E-state index contributed by atoms with van der Waals surface area (Å²) in [6.45, 7) is 0.0203. The molecule has 0 aromatic heterocycles. The smallest absolute Gasteiger partial charge is 0.182 e. The van der Waals surface area contributed by atoms with Crippen LogP contribution in [0, 0.1) is 11.6 Å². The zero-order chi connectivity index (χ0) is 10.1. The van der Waals surface area contributed by atoms with E-state index in [1.165, 1.54) is 6.07 Å². The molecule has 0 saturated heterocycles. The van der Waals surface area contributed by atoms with Gasteiger partial charge in [0.1, 0.15) is 0 Å². The average molecular weight is 198 g/mol. The second kappa shape index (κ2) is 3.53. The van der Waals surface area contributed by atoms with Crippen LogP contribution in [0.15, 0.2) is 12.1 Å². The van der Waals surface area contributed by atoms with Crippen molar-refractivity contribution in [1.82, 2.24) is 0 Å². The summed E-state index contributed by atoms with van der Waals surface area (Å²) >= 11 is 0. The van der Waals surface area contributed by atoms with Crippen molar-refractivity contribution < 1.29 is 8.78 Å². The van der Waals surface area contributed by atoms with Gasteiger partial charge in [0, 0.05) is 18.2 Å². The molecule has 1 saturated carbocycles. The molecule has 1 aliphatic rings. The number of nitrogens with one attached hydrogen (secondary N) is 1. The Bertz CT molecular complexity index is 348. The van der Waals surface area contributed by atoms with Crippen LogP contribution in [-0.4, -0.2) is 6.04 Å². The second-order valence-electron chi connectivity index (χ2n) is 3.52. The summed E-state index contributed by atoms with van der Waals surface area (Å²) in [6, 6.07) is 3.37. The highest BCUT2D eigenvalue weighted by Gasteiger charge is 2.23. The van der Waals surface area contributed by atoms with Crippen molar-refractivity contribution in [2.75, 3.05) is 5.32 Å². The first-order valence-electron chi connectivity index (χ1n) is 4.66. The molecular weight excluding hydrogens is 186 g/mol. The highest BCUT2D eigenvalue weighted by atomic mass is 19.2. The van der Waals surface area contributed by atoms with Crippen molar-refractivity contribution in [3.8, 4) is 0 Å². The van der Waals surface area contributed by atoms with E-state index in [4.69, 9.17) is 5.73 Å². The predicted octanol–water partition coefficient (Wildman–Crippen LogP) is 2.00. The molecule has 0 heterocycles. The minimum atomic E-state index is -0.835. The van der Waals surface area contributed by atoms with E-state index in [0.29, 0.717) is 6.04 Å². The number of hydrogen-bond donors (Lipinski definition) is 2. The van der Waals surface area contributed by atoms with Gasteiger partial charge in [0.05, 0.1) is 5.69 Å². The molecule has 0 spiro atoms. The van der Waals surface area contributed by atoms with Crippen LogP contribution in [0.25, 0.3) is 0 Å². The van der Waals surface area contributed by atoms with Gasteiger partial charge in [0.25, 0.3) is 0 Å². The van der Waals surface area contributed by atoms with Crippen molar-refractivity contribution in [2.45, 2.75) is 25.4 Å². The molecule has 14 heavy (non-hydrogen) atoms. The fourth-order valence-electron chi connectivity index (χ4n) is 1.31. The molecule has 2 rings (SSSR count). The number of nitrogens with two attached hydrogens (primary N) is 1. The fraction of sp³-hybridized carbons (Fsp3) is 0.400. The summed E-state index contributed by atoms with van der Waals surface area (Å²) in [4.78, 5) is 0. The lowest BCUT2D eigenvalue weighted by Gasteiger charge is -2.08. The molecule has 0 unspecified atom stereocenters. The van der Waals surface area contributed by atoms with Crippen LogP contribution in [0.1, 0.15) is 18.4 Å². The van der Waals surface area contributed by atoms with Crippen LogP contribution in [0.3, 0.4) is 0 Å². The predicted molar refractivity (Wildman–Crippen MR) is 50.9 cm³/mol. The first-order valence-corrected chi connectivity index (χ1v) is 4.66. The van der Waals surface area contributed by atoms with Crippen LogP contribution >= 0.6 is 0 Å². The molecule has 0 amide bonds. The summed E-state index contributed by atoms with van der Waals surface area (Å²) in [7, 11) is 0. The molecule has 0 atom stereocenters. The molecule has 3 N–H and O–H groups in total. The van der Waals surface area contributed by atoms with Crippen molar-refractivity contribution in [3.63, 3.8) is 0 Å². The molecule has 76 valence electrons. The zero-order valence-corrected chi connectivity index (χ0v) is 7.69. The van der Waals surface area contributed by atoms with Crippen molar-refractivity contribution in [3.05, 3.63) is 29.3 Å². The van der Waals surface area contributed by atoms with Gasteiger partial charge in [-0.05, 0) is 18.9 Å². The lowest BCUT2D eigenvalue weighted by molar-refractivity contribution is 0.501. The lowest BCUT2D eigenvalue weighted by Crippen LogP contribution is -2.07. The first kappa shape index (κ1) is 9.40. The largest absolute Gasteiger partial charge is 0.380 e. The third-order valence-corrected chi connectivity index (χ3v) is 2.32. The Kier molecular flexibility index (Phi) is 2.37. The van der Waals surface area contributed by atoms with E-state index in [2.05, 4.69) is 5.32 Å². The molecule has 1 aromatic carbocycles. The molecule has 0 aliphatic heterocycles. The Hall–Kier alpha value is -1.16. The monoisotopic (exact) mass is 198 g/mol. The number of halogens is 2. The second-order valence-corrected chi connectivity index (χ2v) is 3.52. The van der Waals surface area contributed by atoms with Crippen LogP contribution in [0.5, 0.6) is 0 Å². The maximum absolute atomic E-state index is 13.3. The van der Waals surface area contributed by atoms with Crippen molar-refractivity contribution >= 4 is 5.69 Å². The maximum Gasteiger partial charge on any atom is 0.182 e. The third-order valence-electron chi connectivity index (χ3n) is 2.32. The lowest BCUT2D eigenvalue weighted by atomic mass is 10.2. The normalized spacial score (nSPS) is 15.6. The molecule has 1 aliphatic carbocycles. The maximum atomic E-state index is 13.3. The van der Waals surface area contributed by atoms with Crippen molar-refractivity contribution in [1.29, 1.82) is 0 Å². The van der Waals surface area contributed by atoms with Crippen LogP contribution in [0.4, 0.5) is 14.5 Å². The minimum absolute atomic E-state index is 0.0203. The van der Waals surface area contributed by atoms with E-state index in [0.717, 1.165) is 12.8 Å². The van der Waals surface area contributed by atoms with Gasteiger partial charge in [-0.2, -0.15) is 0 Å². The number of benzene rings is 1. The Morgan fingerprint density at radius 3 is 2.57 bits per heavy atom. The molecule has 0 bridgehead atoms. The Morgan fingerprint density at radius 2 is 2.00 bits per heavy atom. The summed E-state index contributed by atoms with van der Waals surface area (Å²) in [5.41, 5.74) is 5.71. The van der Waals surface area contributed by atoms with Gasteiger partial charge < -0.3 is 11.1 Å². The Labute approximate surface area is 81.1 Å². The van der Waals surface area contributed by atoms with E-state index < -0.39 is 11.6 Å². The van der Waals surface area contributed by atoms with Crippen LogP contribution in [-0.2, 0) is 6.54 Å². The summed E-state index contributed by atoms with van der Waals surface area (Å²) < 4.78 is 26.6. The Morgan fingerprint density at radius 1 is 1.29 bits per heavy atom. The van der Waals surface area contributed by atoms with Gasteiger partial charge in [0.15, 0.2) is 11.6 Å². The number of anilines is 1. The van der Waals surface area contributed by atoms with Crippen LogP contribution in [0.2, 0.25) is 0 Å². The number of rotatable bonds is 3. The SMILES string of the molecule is NCc1ccc(NC2CC2)c(F)c1F. The fourth-order valence-corrected chi connectivity index (χ4v) is 1.31. The minimum Gasteiger partial charge on any atom is -0.380 e. The van der Waals surface area contributed by atoms with Crippen molar-refractivity contribution in [2.24, 2.45) is 5.73 Å². The average Bonchev–Trinajstić information content (AvgIpc) is 2.97. The molecular formula is C10H12F2N2. The molecule has 4 heteroatoms. The number of hydrogen-bond acceptors (Lipinski definition) is 2. The van der Waals surface area contributed by atoms with Crippen LogP contribution < -0.4 is 11.1 Å². The van der Waals surface area contributed by atoms with Gasteiger partial charge in [-0.25, -0.2) is 8.78 Å². The zero-order valence-electron chi connectivity index (χ0n) is 7.69. The summed E-state index contributed by atoms with van der Waals surface area (Å²) in [5.74, 6) is -1.65. The Balaban J connectivity index is 2.27. The van der Waals surface area contributed by atoms with E-state index in [1.54, 1.807) is 6.07 Å². The van der Waals surface area contributed by atoms with Gasteiger partial charge in [0.2, 0.25) is 0 Å². The topological polar surface area (TPSA) is 38.0 Å². The van der Waals surface area contributed by atoms with E-state index in [-0.39, 0.29) is 17.8 Å². The standard InChI is InChI=1S/C10H12F2N2/c11-9-6(5-13)1-4-8(10(9)12)14-7-2-3-7/h1,4,7,14H,2-3,5,13H2. The van der Waals surface area contributed by atoms with Gasteiger partial charge in [-0.1, -0.05) is 6.07 Å². The quantitative estimate of drug-likeness (QED) is 0.779. The van der Waals surface area contributed by atoms with Gasteiger partial charge in [-0.15, -0.1) is 0 Å². The third kappa shape index (κ3) is 1.70.